The summed E-state index contributed by atoms with van der Waals surface area (Å²) < 4.78 is 110. The van der Waals surface area contributed by atoms with Gasteiger partial charge in [0.25, 0.3) is 23.6 Å². The molecule has 0 spiro atoms. The Bertz CT molecular complexity index is 5600. The number of fused-ring (bicyclic) bond motifs is 3. The van der Waals surface area contributed by atoms with Gasteiger partial charge in [-0.05, 0) is 101 Å². The van der Waals surface area contributed by atoms with Gasteiger partial charge in [0.1, 0.15) is 40.6 Å². The van der Waals surface area contributed by atoms with Crippen LogP contribution in [0.4, 0.5) is 28.7 Å². The number of aryl methyl sites for hydroxylation is 7. The van der Waals surface area contributed by atoms with Crippen molar-refractivity contribution >= 4 is 111 Å². The maximum absolute atomic E-state index is 13.6. The van der Waals surface area contributed by atoms with Gasteiger partial charge < -0.3 is 151 Å². The number of esters is 1. The molecular weight excluding hydrogens is 1980 g/mol. The smallest absolute Gasteiger partial charge is 0.374 e. The molecule has 0 unspecified atom stereocenters. The van der Waals surface area contributed by atoms with Crippen LogP contribution in [-0.2, 0) is 134 Å². The molecule has 0 radical (unpaired) electrons. The third kappa shape index (κ3) is 43.0. The van der Waals surface area contributed by atoms with Crippen LogP contribution >= 0.6 is 22.9 Å². The number of imidazole rings is 3. The van der Waals surface area contributed by atoms with Gasteiger partial charge in [-0.2, -0.15) is 0 Å². The number of thiophene rings is 1. The van der Waals surface area contributed by atoms with Crippen molar-refractivity contribution < 1.29 is 128 Å². The molecule has 1 aliphatic heterocycles. The van der Waals surface area contributed by atoms with Crippen LogP contribution in [0.15, 0.2) is 103 Å². The molecule has 0 bridgehead atoms. The van der Waals surface area contributed by atoms with E-state index in [0.717, 1.165) is 33.2 Å². The van der Waals surface area contributed by atoms with Crippen LogP contribution in [0.3, 0.4) is 0 Å². The highest BCUT2D eigenvalue weighted by atomic mass is 35.5. The van der Waals surface area contributed by atoms with Crippen LogP contribution in [0.1, 0.15) is 150 Å². The minimum Gasteiger partial charge on any atom is -0.491 e. The summed E-state index contributed by atoms with van der Waals surface area (Å²) in [5, 5.41) is 32.6. The Morgan fingerprint density at radius 1 is 0.409 bits per heavy atom. The highest BCUT2D eigenvalue weighted by Gasteiger charge is 2.34. The van der Waals surface area contributed by atoms with Gasteiger partial charge in [-0.3, -0.25) is 47.9 Å². The quantitative estimate of drug-likeness (QED) is 0.0133. The summed E-state index contributed by atoms with van der Waals surface area (Å²) in [7, 11) is 6.52. The zero-order valence-corrected chi connectivity index (χ0v) is 87.6. The number of ether oxygens (including phenoxy) is 18. The van der Waals surface area contributed by atoms with E-state index in [1.165, 1.54) is 49.3 Å². The Kier molecular flexibility index (Phi) is 54.0. The molecule has 2 aromatic carbocycles. The molecule has 10 rings (SSSR count). The summed E-state index contributed by atoms with van der Waals surface area (Å²) in [5.74, 6) is -1.46. The monoisotopic (exact) mass is 2120 g/mol. The fourth-order valence-electron chi connectivity index (χ4n) is 14.6. The first-order valence-corrected chi connectivity index (χ1v) is 51.0. The van der Waals surface area contributed by atoms with Gasteiger partial charge in [-0.15, -0.1) is 21.5 Å². The second-order valence-electron chi connectivity index (χ2n) is 33.6. The molecule has 0 aliphatic carbocycles. The Morgan fingerprint density at radius 3 is 1.36 bits per heavy atom. The molecule has 149 heavy (non-hydrogen) atoms. The fourth-order valence-corrected chi connectivity index (χ4v) is 16.0. The molecule has 8 amide bonds. The predicted octanol–water partition coefficient (Wildman–Crippen LogP) is 7.78. The van der Waals surface area contributed by atoms with Gasteiger partial charge in [0, 0.05) is 138 Å². The lowest BCUT2D eigenvalue weighted by molar-refractivity contribution is -0.121. The first kappa shape index (κ1) is 119. The lowest BCUT2D eigenvalue weighted by Crippen LogP contribution is -2.29. The van der Waals surface area contributed by atoms with Gasteiger partial charge in [0.05, 0.1) is 242 Å². The zero-order chi connectivity index (χ0) is 106. The van der Waals surface area contributed by atoms with Crippen molar-refractivity contribution in [3.05, 3.63) is 165 Å². The van der Waals surface area contributed by atoms with E-state index in [0.29, 0.717) is 290 Å². The van der Waals surface area contributed by atoms with Crippen molar-refractivity contribution in [2.24, 2.45) is 33.2 Å². The minimum absolute atomic E-state index is 0.00942. The molecule has 47 nitrogen and oxygen atoms in total. The van der Waals surface area contributed by atoms with Crippen molar-refractivity contribution in [3.8, 4) is 10.8 Å². The number of amides is 8. The standard InChI is InChI=1S/C100H141ClN20O27S/c1-9-147-100(130)94-113-84(111-86(123)15-13-25-104-95(126)81-65-78(68-117(81)6)108-98(129)93-112-83(69-119(93)8)110-87(124)24-26-105-96(127)82-64-77(67-118(82)7)107-97(128)92-103-27-30-116(92)5)70-120(94)29-12-10-11-14-85(122)102-28-31-131-32-33-132-34-35-133-36-37-134-38-39-135-40-41-136-42-43-137-44-45-138-46-47-139-48-49-140-50-51-141-52-53-142-54-55-143-56-57-144-58-59-145-60-61-146-62-63-148-79-22-20-76(21-23-79)106-88(125)66-80-91-115-114-73(4)121(91)99-89(71(2)72(3)149-99)90(109-80)74-16-18-75(101)19-17-74/h16-23,27,30,64-65,67-70,80H,9-15,24-26,28-29,31-63,66H2,1-8H3,(H,102,122)(H,104,126)(H,105,127)(H,106,125)(H,107,128)(H,108,129)(H,110,124)(H,111,123)/t80-/m0/s1. The van der Waals surface area contributed by atoms with Crippen molar-refractivity contribution in [2.75, 3.05) is 271 Å². The molecule has 8 N–H and O–H groups in total. The number of benzene rings is 2. The largest absolute Gasteiger partial charge is 0.491 e. The van der Waals surface area contributed by atoms with Crippen molar-refractivity contribution in [3.63, 3.8) is 0 Å². The van der Waals surface area contributed by atoms with Gasteiger partial charge in [0.2, 0.25) is 35.3 Å². The van der Waals surface area contributed by atoms with Crippen LogP contribution in [0.25, 0.3) is 5.00 Å². The summed E-state index contributed by atoms with van der Waals surface area (Å²) in [6.07, 6.45) is 11.6. The number of carbonyl (C=O) groups is 9. The van der Waals surface area contributed by atoms with E-state index in [2.05, 4.69) is 81.5 Å². The lowest BCUT2D eigenvalue weighted by Gasteiger charge is -2.13. The molecule has 1 aliphatic rings. The number of nitrogens with zero attached hydrogens (tertiary/aromatic N) is 12. The van der Waals surface area contributed by atoms with Crippen molar-refractivity contribution in [1.29, 1.82) is 0 Å². The Labute approximate surface area is 874 Å². The van der Waals surface area contributed by atoms with Gasteiger partial charge >= 0.3 is 5.97 Å². The van der Waals surface area contributed by atoms with Crippen molar-refractivity contribution in [1.82, 2.24) is 68.5 Å². The normalized spacial score (nSPS) is 12.2. The van der Waals surface area contributed by atoms with E-state index in [-0.39, 0.29) is 97.7 Å². The molecule has 0 saturated carbocycles. The zero-order valence-electron chi connectivity index (χ0n) is 86.0. The van der Waals surface area contributed by atoms with Crippen LogP contribution in [0.5, 0.6) is 5.75 Å². The minimum atomic E-state index is -0.653. The third-order valence-electron chi connectivity index (χ3n) is 22.2. The number of unbranched alkanes of at least 4 members (excludes halogenated alkanes) is 2. The molecular formula is C100H141ClN20O27S. The Morgan fingerprint density at radius 2 is 0.866 bits per heavy atom. The molecule has 0 saturated heterocycles. The van der Waals surface area contributed by atoms with E-state index < -0.39 is 47.5 Å². The number of aliphatic imine (C=N–C) groups is 1. The highest BCUT2D eigenvalue weighted by Crippen LogP contribution is 2.40. The Balaban J connectivity index is 0.413. The number of hydrogen-bond donors (Lipinski definition) is 8. The van der Waals surface area contributed by atoms with Gasteiger partial charge in [-0.25, -0.2) is 19.7 Å². The first-order chi connectivity index (χ1) is 72.5. The summed E-state index contributed by atoms with van der Waals surface area (Å²) in [4.78, 5) is 136. The van der Waals surface area contributed by atoms with E-state index in [1.807, 2.05) is 35.8 Å². The van der Waals surface area contributed by atoms with Crippen LogP contribution in [0.2, 0.25) is 5.02 Å². The molecule has 0 fully saturated rings. The maximum Gasteiger partial charge on any atom is 0.374 e. The number of halogens is 1. The van der Waals surface area contributed by atoms with Crippen LogP contribution < -0.4 is 47.3 Å². The summed E-state index contributed by atoms with van der Waals surface area (Å²) in [6, 6.07) is 17.2. The lowest BCUT2D eigenvalue weighted by atomic mass is 9.99. The van der Waals surface area contributed by atoms with Crippen LogP contribution in [0, 0.1) is 20.8 Å². The van der Waals surface area contributed by atoms with Gasteiger partial charge in [-0.1, -0.05) is 30.2 Å². The summed E-state index contributed by atoms with van der Waals surface area (Å²) >= 11 is 7.93. The Hall–Kier alpha value is -12.2. The SMILES string of the molecule is CCOC(=O)c1nc(NC(=O)CCCNC(=O)c2cc(NC(=O)c3nc(NC(=O)CCNC(=O)c4cc(NC(=O)c5nccn5C)cn4C)cn3C)cn2C)cn1CCCCCC(=O)NCCOCCOCCOCCOCCOCCOCCOCCOCCOCCOCCOCCOCCOCCOCCOCCOCCOc1ccc(NC(=O)C[C@@H]2N=C(c3ccc(Cl)cc3)c3c(sc(C)c3C)-n3c(C)nnc32)cc1. The molecule has 49 heteroatoms. The number of nitrogens with one attached hydrogen (secondary N) is 8. The molecule has 1 atom stereocenters. The fraction of sp³-hybridized carbons (Fsp3) is 0.550. The van der Waals surface area contributed by atoms with E-state index >= 15 is 0 Å². The maximum atomic E-state index is 13.6. The highest BCUT2D eigenvalue weighted by molar-refractivity contribution is 7.15. The van der Waals surface area contributed by atoms with Crippen LogP contribution in [-0.4, -0.2) is 356 Å². The molecule has 8 heterocycles. The predicted molar refractivity (Wildman–Crippen MR) is 550 cm³/mol. The second kappa shape index (κ2) is 67.8. The van der Waals surface area contributed by atoms with Crippen molar-refractivity contribution in [2.45, 2.75) is 91.6 Å². The van der Waals surface area contributed by atoms with Gasteiger partial charge in [0.15, 0.2) is 23.3 Å². The summed E-state index contributed by atoms with van der Waals surface area (Å²) in [6.45, 7) is 22.7. The number of rotatable bonds is 79. The van der Waals surface area contributed by atoms with E-state index in [9.17, 15) is 43.2 Å². The number of carbonyl (C=O) groups excluding carboxylic acids is 9. The topological polar surface area (TPSA) is 522 Å². The van der Waals surface area contributed by atoms with E-state index in [1.54, 1.807) is 98.4 Å². The third-order valence-corrected chi connectivity index (χ3v) is 23.6. The number of hydrogen-bond acceptors (Lipinski definition) is 34. The van der Waals surface area contributed by atoms with E-state index in [4.69, 9.17) is 102 Å². The average Bonchev–Trinajstić information content (AvgIpc) is 1.59. The number of aromatic nitrogens is 11. The molecule has 9 aromatic rings. The summed E-state index contributed by atoms with van der Waals surface area (Å²) in [5.41, 5.74) is 5.58. The average molecular weight is 2120 g/mol. The first-order valence-electron chi connectivity index (χ1n) is 49.8. The number of anilines is 5. The molecule has 816 valence electrons. The second-order valence-corrected chi connectivity index (χ2v) is 35.2. The molecule has 7 aromatic heterocycles.